The van der Waals surface area contributed by atoms with Gasteiger partial charge in [0.1, 0.15) is 0 Å². The van der Waals surface area contributed by atoms with E-state index >= 15 is 0 Å². The molecule has 28 heavy (non-hydrogen) atoms. The highest BCUT2D eigenvalue weighted by atomic mass is 32.2. The van der Waals surface area contributed by atoms with Crippen LogP contribution in [0.3, 0.4) is 0 Å². The molecule has 1 aliphatic heterocycles. The van der Waals surface area contributed by atoms with E-state index in [0.717, 1.165) is 18.4 Å². The normalized spacial score (nSPS) is 14.6. The molecule has 1 saturated heterocycles. The molecule has 1 fully saturated rings. The Hall–Kier alpha value is -2.71. The Morgan fingerprint density at radius 1 is 0.929 bits per heavy atom. The molecule has 0 radical (unpaired) electrons. The van der Waals surface area contributed by atoms with Crippen LogP contribution in [0, 0.1) is 6.92 Å². The van der Waals surface area contributed by atoms with Gasteiger partial charge in [-0.05, 0) is 61.7 Å². The van der Waals surface area contributed by atoms with Gasteiger partial charge >= 0.3 is 0 Å². The lowest BCUT2D eigenvalue weighted by Crippen LogP contribution is -2.27. The summed E-state index contributed by atoms with van der Waals surface area (Å²) in [6.45, 7) is 2.89. The Morgan fingerprint density at radius 2 is 1.54 bits per heavy atom. The number of aryl methyl sites for hydroxylation is 1. The molecule has 2 aromatic carbocycles. The summed E-state index contributed by atoms with van der Waals surface area (Å²) in [5, 5.41) is 5.32. The van der Waals surface area contributed by atoms with Gasteiger partial charge in [0.25, 0.3) is 11.8 Å². The number of amides is 2. The van der Waals surface area contributed by atoms with Crippen molar-refractivity contribution in [1.29, 1.82) is 0 Å². The van der Waals surface area contributed by atoms with Crippen LogP contribution >= 0.6 is 0 Å². The zero-order valence-electron chi connectivity index (χ0n) is 15.9. The Kier molecular flexibility index (Phi) is 5.81. The summed E-state index contributed by atoms with van der Waals surface area (Å²) < 4.78 is 26.6. The van der Waals surface area contributed by atoms with Gasteiger partial charge in [0.2, 0.25) is 10.0 Å². The topological polar surface area (TPSA) is 95.6 Å². The van der Waals surface area contributed by atoms with Crippen LogP contribution in [0.25, 0.3) is 0 Å². The molecule has 7 nitrogen and oxygen atoms in total. The maximum atomic E-state index is 12.6. The summed E-state index contributed by atoms with van der Waals surface area (Å²) in [5.41, 5.74) is 2.12. The van der Waals surface area contributed by atoms with Crippen LogP contribution < -0.4 is 10.6 Å². The van der Waals surface area contributed by atoms with E-state index in [4.69, 9.17) is 0 Å². The molecular weight excluding hydrogens is 378 g/mol. The first-order valence-corrected chi connectivity index (χ1v) is 10.5. The Labute approximate surface area is 164 Å². The molecule has 0 aliphatic carbocycles. The van der Waals surface area contributed by atoms with Crippen LogP contribution in [-0.4, -0.2) is 44.7 Å². The number of carbonyl (C=O) groups excluding carboxylic acids is 2. The number of sulfonamides is 1. The third-order valence-corrected chi connectivity index (χ3v) is 6.71. The number of rotatable bonds is 5. The highest BCUT2D eigenvalue weighted by Gasteiger charge is 2.27. The molecule has 2 amide bonds. The van der Waals surface area contributed by atoms with Crippen molar-refractivity contribution in [2.24, 2.45) is 0 Å². The molecule has 3 rings (SSSR count). The lowest BCUT2D eigenvalue weighted by atomic mass is 10.1. The van der Waals surface area contributed by atoms with Crippen molar-refractivity contribution in [1.82, 2.24) is 9.62 Å². The zero-order valence-corrected chi connectivity index (χ0v) is 16.7. The number of hydrogen-bond donors (Lipinski definition) is 2. The molecule has 0 atom stereocenters. The van der Waals surface area contributed by atoms with Crippen LogP contribution in [-0.2, 0) is 10.0 Å². The summed E-state index contributed by atoms with van der Waals surface area (Å²) in [6.07, 6.45) is 1.74. The van der Waals surface area contributed by atoms with Crippen molar-refractivity contribution in [2.45, 2.75) is 24.7 Å². The van der Waals surface area contributed by atoms with Gasteiger partial charge in [0.05, 0.1) is 4.90 Å². The Balaban J connectivity index is 1.78. The fourth-order valence-corrected chi connectivity index (χ4v) is 4.61. The van der Waals surface area contributed by atoms with Crippen LogP contribution in [0.15, 0.2) is 47.4 Å². The summed E-state index contributed by atoms with van der Waals surface area (Å²) in [4.78, 5) is 24.5. The number of carbonyl (C=O) groups is 2. The molecule has 0 bridgehead atoms. The number of nitrogens with one attached hydrogen (secondary N) is 2. The third kappa shape index (κ3) is 4.07. The van der Waals surface area contributed by atoms with E-state index in [2.05, 4.69) is 10.6 Å². The third-order valence-electron chi connectivity index (χ3n) is 4.79. The standard InChI is InChI=1S/C20H23N3O4S/c1-14-5-6-16(19(24)21-2)13-18(14)22-20(25)15-7-9-17(10-8-15)28(26,27)23-11-3-4-12-23/h5-10,13H,3-4,11-12H2,1-2H3,(H,21,24)(H,22,25). The van der Waals surface area contributed by atoms with Gasteiger partial charge in [-0.15, -0.1) is 0 Å². The lowest BCUT2D eigenvalue weighted by Gasteiger charge is -2.15. The predicted molar refractivity (Wildman–Crippen MR) is 107 cm³/mol. The highest BCUT2D eigenvalue weighted by Crippen LogP contribution is 2.22. The van der Waals surface area contributed by atoms with E-state index in [-0.39, 0.29) is 16.7 Å². The number of benzene rings is 2. The molecule has 148 valence electrons. The lowest BCUT2D eigenvalue weighted by molar-refractivity contribution is 0.0961. The molecule has 0 spiro atoms. The van der Waals surface area contributed by atoms with Crippen LogP contribution in [0.2, 0.25) is 0 Å². The van der Waals surface area contributed by atoms with E-state index in [1.54, 1.807) is 18.2 Å². The number of nitrogens with zero attached hydrogens (tertiary/aromatic N) is 1. The molecule has 0 saturated carbocycles. The quantitative estimate of drug-likeness (QED) is 0.804. The first-order valence-electron chi connectivity index (χ1n) is 9.07. The molecule has 2 N–H and O–H groups in total. The largest absolute Gasteiger partial charge is 0.355 e. The van der Waals surface area contributed by atoms with E-state index < -0.39 is 10.0 Å². The average molecular weight is 401 g/mol. The second-order valence-corrected chi connectivity index (χ2v) is 8.64. The summed E-state index contributed by atoms with van der Waals surface area (Å²) >= 11 is 0. The van der Waals surface area contributed by atoms with Crippen molar-refractivity contribution in [3.63, 3.8) is 0 Å². The van der Waals surface area contributed by atoms with Crippen molar-refractivity contribution in [3.8, 4) is 0 Å². The first kappa shape index (κ1) is 20.0. The van der Waals surface area contributed by atoms with Gasteiger partial charge in [0, 0.05) is 37.0 Å². The molecular formula is C20H23N3O4S. The summed E-state index contributed by atoms with van der Waals surface area (Å²) in [7, 11) is -1.97. The summed E-state index contributed by atoms with van der Waals surface area (Å²) in [5.74, 6) is -0.616. The van der Waals surface area contributed by atoms with Crippen molar-refractivity contribution >= 4 is 27.5 Å². The Morgan fingerprint density at radius 3 is 2.14 bits per heavy atom. The van der Waals surface area contributed by atoms with Crippen LogP contribution in [0.1, 0.15) is 39.1 Å². The van der Waals surface area contributed by atoms with E-state index in [1.807, 2.05) is 6.92 Å². The SMILES string of the molecule is CNC(=O)c1ccc(C)c(NC(=O)c2ccc(S(=O)(=O)N3CCCC3)cc2)c1. The van der Waals surface area contributed by atoms with Crippen LogP contribution in [0.4, 0.5) is 5.69 Å². The second-order valence-electron chi connectivity index (χ2n) is 6.70. The fourth-order valence-electron chi connectivity index (χ4n) is 3.09. The smallest absolute Gasteiger partial charge is 0.255 e. The van der Waals surface area contributed by atoms with E-state index in [0.29, 0.717) is 29.9 Å². The van der Waals surface area contributed by atoms with Crippen molar-refractivity contribution in [2.75, 3.05) is 25.5 Å². The monoisotopic (exact) mass is 401 g/mol. The maximum Gasteiger partial charge on any atom is 0.255 e. The van der Waals surface area contributed by atoms with Crippen molar-refractivity contribution < 1.29 is 18.0 Å². The highest BCUT2D eigenvalue weighted by molar-refractivity contribution is 7.89. The Bertz CT molecular complexity index is 995. The molecule has 8 heteroatoms. The van der Waals surface area contributed by atoms with Crippen molar-refractivity contribution in [3.05, 3.63) is 59.2 Å². The van der Waals surface area contributed by atoms with Gasteiger partial charge in [-0.25, -0.2) is 8.42 Å². The molecule has 2 aromatic rings. The zero-order chi connectivity index (χ0) is 20.3. The minimum absolute atomic E-state index is 0.184. The number of anilines is 1. The molecule has 0 aromatic heterocycles. The van der Waals surface area contributed by atoms with Gasteiger partial charge in [-0.1, -0.05) is 6.07 Å². The van der Waals surface area contributed by atoms with Gasteiger partial charge in [0.15, 0.2) is 0 Å². The second kappa shape index (κ2) is 8.12. The van der Waals surface area contributed by atoms with Gasteiger partial charge in [-0.3, -0.25) is 9.59 Å². The van der Waals surface area contributed by atoms with Crippen LogP contribution in [0.5, 0.6) is 0 Å². The molecule has 0 unspecified atom stereocenters. The minimum Gasteiger partial charge on any atom is -0.355 e. The van der Waals surface area contributed by atoms with Gasteiger partial charge in [-0.2, -0.15) is 4.31 Å². The van der Waals surface area contributed by atoms with E-state index in [1.165, 1.54) is 35.6 Å². The maximum absolute atomic E-state index is 12.6. The summed E-state index contributed by atoms with van der Waals surface area (Å²) in [6, 6.07) is 10.9. The molecule has 1 heterocycles. The number of hydrogen-bond acceptors (Lipinski definition) is 4. The van der Waals surface area contributed by atoms with Gasteiger partial charge < -0.3 is 10.6 Å². The fraction of sp³-hybridized carbons (Fsp3) is 0.300. The predicted octanol–water partition coefficient (Wildman–Crippen LogP) is 2.39. The first-order chi connectivity index (χ1) is 13.3. The molecule has 1 aliphatic rings. The van der Waals surface area contributed by atoms with E-state index in [9.17, 15) is 18.0 Å². The average Bonchev–Trinajstić information content (AvgIpc) is 3.25. The minimum atomic E-state index is -3.51.